The molecule has 0 radical (unpaired) electrons. The Balaban J connectivity index is 3.89. The summed E-state index contributed by atoms with van der Waals surface area (Å²) < 4.78 is 33.1. The molecule has 0 bridgehead atoms. The second-order valence-corrected chi connectivity index (χ2v) is 24.1. The lowest BCUT2D eigenvalue weighted by atomic mass is 10.0. The van der Waals surface area contributed by atoms with Gasteiger partial charge in [-0.25, -0.2) is 4.57 Å². The molecule has 0 aromatic heterocycles. The molecule has 0 spiro atoms. The molecule has 494 valence electrons. The van der Waals surface area contributed by atoms with Crippen LogP contribution in [0.2, 0.25) is 0 Å². The molecule has 0 saturated heterocycles. The molecular weight excluding hydrogens is 1100 g/mol. The third-order valence-corrected chi connectivity index (χ3v) is 15.4. The Morgan fingerprint density at radius 2 is 0.598 bits per heavy atom. The van der Waals surface area contributed by atoms with Crippen molar-refractivity contribution in [2.75, 3.05) is 26.4 Å². The van der Waals surface area contributed by atoms with Gasteiger partial charge in [0.25, 0.3) is 0 Å². The largest absolute Gasteiger partial charge is 0.472 e. The topological polar surface area (TPSA) is 134 Å². The predicted octanol–water partition coefficient (Wildman–Crippen LogP) is 23.2. The highest BCUT2D eigenvalue weighted by Crippen LogP contribution is 2.43. The Bertz CT molecular complexity index is 1980. The van der Waals surface area contributed by atoms with E-state index < -0.39 is 32.5 Å². The van der Waals surface area contributed by atoms with Crippen LogP contribution in [0, 0.1) is 0 Å². The highest BCUT2D eigenvalue weighted by molar-refractivity contribution is 7.47. The molecule has 9 nitrogen and oxygen atoms in total. The van der Waals surface area contributed by atoms with E-state index in [0.717, 1.165) is 122 Å². The zero-order valence-corrected chi connectivity index (χ0v) is 56.3. The van der Waals surface area contributed by atoms with E-state index in [1.807, 2.05) is 0 Å². The number of esters is 2. The van der Waals surface area contributed by atoms with E-state index in [-0.39, 0.29) is 32.6 Å². The smallest absolute Gasteiger partial charge is 0.462 e. The van der Waals surface area contributed by atoms with Gasteiger partial charge in [-0.05, 0) is 122 Å². The highest BCUT2D eigenvalue weighted by atomic mass is 31.2. The quantitative estimate of drug-likeness (QED) is 0.0264. The molecule has 2 unspecified atom stereocenters. The first-order valence-corrected chi connectivity index (χ1v) is 36.5. The summed E-state index contributed by atoms with van der Waals surface area (Å²) in [4.78, 5) is 35.3. The van der Waals surface area contributed by atoms with Gasteiger partial charge >= 0.3 is 19.8 Å². The van der Waals surface area contributed by atoms with Gasteiger partial charge in [-0.2, -0.15) is 0 Å². The van der Waals surface area contributed by atoms with Gasteiger partial charge in [-0.1, -0.05) is 307 Å². The van der Waals surface area contributed by atoms with Crippen molar-refractivity contribution < 1.29 is 37.6 Å². The minimum Gasteiger partial charge on any atom is -0.462 e. The molecule has 10 heteroatoms. The normalized spacial score (nSPS) is 13.9. The molecule has 0 aliphatic carbocycles. The number of phosphoric acid groups is 1. The predicted molar refractivity (Wildman–Crippen MR) is 376 cm³/mol. The maximum absolute atomic E-state index is 12.7. The number of phosphoric ester groups is 1. The van der Waals surface area contributed by atoms with Crippen LogP contribution < -0.4 is 5.73 Å². The second-order valence-electron chi connectivity index (χ2n) is 22.6. The third kappa shape index (κ3) is 70.6. The molecule has 3 N–H and O–H groups in total. The zero-order valence-electron chi connectivity index (χ0n) is 55.4. The Kier molecular flexibility index (Phi) is 67.2. The lowest BCUT2D eigenvalue weighted by Gasteiger charge is -2.19. The third-order valence-electron chi connectivity index (χ3n) is 14.4. The fourth-order valence-corrected chi connectivity index (χ4v) is 10.1. The number of ether oxygens (including phenoxy) is 2. The van der Waals surface area contributed by atoms with Crippen LogP contribution in [-0.2, 0) is 32.7 Å². The number of carbonyl (C=O) groups is 2. The molecule has 2 atom stereocenters. The SMILES string of the molecule is CC/C=C\C/C=C\C/C=C\C/C=C\C/C=C\C/C=C\C/C=C\CCCCCC(=O)OC(COC(=O)CCCCCCCCCCCCCCCCCCCCCCCC/C=C\C/C=C\C/C=C\C/C=C\C/C=C\C/C=C\CC)COP(=O)(O)OCCN. The number of allylic oxidation sites excluding steroid dienone is 26. The van der Waals surface area contributed by atoms with Crippen molar-refractivity contribution in [3.63, 3.8) is 0 Å². The van der Waals surface area contributed by atoms with Gasteiger partial charge in [-0.15, -0.1) is 0 Å². The van der Waals surface area contributed by atoms with Crippen LogP contribution in [0.25, 0.3) is 0 Å². The molecule has 87 heavy (non-hydrogen) atoms. The second kappa shape index (κ2) is 70.7. The first kappa shape index (κ1) is 82.6. The summed E-state index contributed by atoms with van der Waals surface area (Å²) in [6.45, 7) is 3.48. The van der Waals surface area contributed by atoms with Crippen molar-refractivity contribution in [1.29, 1.82) is 0 Å². The Morgan fingerprint density at radius 1 is 0.345 bits per heavy atom. The standard InChI is InChI=1S/C77H128NO8P/c1-3-5-7-9-11-13-15-17-19-21-23-25-27-29-30-31-32-33-34-35-36-37-38-39-40-41-42-43-44-46-47-49-51-53-55-57-59-61-63-65-67-69-76(79)83-73-75(74-85-87(81,82)84-72-71-78)86-77(80)70-68-66-64-62-60-58-56-54-52-50-48-45-28-26-24-22-20-18-16-14-12-10-8-6-4-2/h5-8,11-14,17-20,23-26,29-30,32-33,45,48,52,54,58,60,75H,3-4,9-10,15-16,21-22,27-28,31,34-44,46-47,49-51,53,55-57,59,61-74,78H2,1-2H3,(H,81,82)/b7-5-,8-6-,13-11-,14-12-,19-17-,20-18-,25-23-,26-24-,30-29-,33-32-,48-45-,54-52-,60-58-. The molecule has 0 amide bonds. The average Bonchev–Trinajstić information content (AvgIpc) is 3.64. The van der Waals surface area contributed by atoms with E-state index in [9.17, 15) is 19.0 Å². The van der Waals surface area contributed by atoms with Crippen LogP contribution in [0.4, 0.5) is 0 Å². The van der Waals surface area contributed by atoms with Crippen LogP contribution >= 0.6 is 7.82 Å². The maximum atomic E-state index is 12.7. The number of carbonyl (C=O) groups excluding carboxylic acids is 2. The number of hydrogen-bond donors (Lipinski definition) is 2. The molecular formula is C77H128NO8P. The Morgan fingerprint density at radius 3 is 0.897 bits per heavy atom. The summed E-state index contributed by atoms with van der Waals surface area (Å²) in [7, 11) is -4.41. The van der Waals surface area contributed by atoms with Crippen molar-refractivity contribution >= 4 is 19.8 Å². The Labute approximate surface area is 534 Å². The van der Waals surface area contributed by atoms with Crippen LogP contribution in [0.3, 0.4) is 0 Å². The van der Waals surface area contributed by atoms with Gasteiger partial charge in [-0.3, -0.25) is 18.6 Å². The molecule has 0 aromatic carbocycles. The van der Waals surface area contributed by atoms with Crippen LogP contribution in [0.5, 0.6) is 0 Å². The van der Waals surface area contributed by atoms with Crippen molar-refractivity contribution in [2.45, 2.75) is 290 Å². The molecule has 0 fully saturated rings. The van der Waals surface area contributed by atoms with Gasteiger partial charge in [0.2, 0.25) is 0 Å². The number of nitrogens with two attached hydrogens (primary N) is 1. The summed E-state index contributed by atoms with van der Waals surface area (Å²) in [5, 5.41) is 0. The fourth-order valence-electron chi connectivity index (χ4n) is 9.33. The molecule has 0 aliphatic rings. The van der Waals surface area contributed by atoms with Crippen LogP contribution in [-0.4, -0.2) is 49.3 Å². The van der Waals surface area contributed by atoms with Crippen molar-refractivity contribution in [2.24, 2.45) is 5.73 Å². The maximum Gasteiger partial charge on any atom is 0.472 e. The molecule has 0 rings (SSSR count). The van der Waals surface area contributed by atoms with Crippen molar-refractivity contribution in [3.05, 3.63) is 158 Å². The van der Waals surface area contributed by atoms with E-state index in [4.69, 9.17) is 24.3 Å². The molecule has 0 heterocycles. The monoisotopic (exact) mass is 1230 g/mol. The van der Waals surface area contributed by atoms with Crippen molar-refractivity contribution in [1.82, 2.24) is 0 Å². The summed E-state index contributed by atoms with van der Waals surface area (Å²) in [5.74, 6) is -0.867. The molecule has 0 aliphatic heterocycles. The van der Waals surface area contributed by atoms with Gasteiger partial charge in [0.15, 0.2) is 6.10 Å². The van der Waals surface area contributed by atoms with E-state index in [0.29, 0.717) is 6.42 Å². The van der Waals surface area contributed by atoms with Gasteiger partial charge in [0.1, 0.15) is 6.61 Å². The van der Waals surface area contributed by atoms with Gasteiger partial charge in [0, 0.05) is 19.4 Å². The Hall–Kier alpha value is -4.37. The first-order chi connectivity index (χ1) is 42.8. The lowest BCUT2D eigenvalue weighted by Crippen LogP contribution is -2.29. The number of unbranched alkanes of at least 4 members (excludes halogenated alkanes) is 25. The summed E-state index contributed by atoms with van der Waals surface area (Å²) in [5.41, 5.74) is 5.39. The van der Waals surface area contributed by atoms with Crippen LogP contribution in [0.15, 0.2) is 158 Å². The summed E-state index contributed by atoms with van der Waals surface area (Å²) in [6, 6.07) is 0. The fraction of sp³-hybridized carbons (Fsp3) is 0.636. The van der Waals surface area contributed by atoms with Crippen molar-refractivity contribution in [3.8, 4) is 0 Å². The van der Waals surface area contributed by atoms with E-state index in [2.05, 4.69) is 172 Å². The van der Waals surface area contributed by atoms with Gasteiger partial charge in [0.05, 0.1) is 13.2 Å². The lowest BCUT2D eigenvalue weighted by molar-refractivity contribution is -0.161. The van der Waals surface area contributed by atoms with Gasteiger partial charge < -0.3 is 20.1 Å². The van der Waals surface area contributed by atoms with E-state index in [1.54, 1.807) is 0 Å². The number of hydrogen-bond acceptors (Lipinski definition) is 8. The van der Waals surface area contributed by atoms with Crippen LogP contribution in [0.1, 0.15) is 284 Å². The minimum absolute atomic E-state index is 0.0413. The first-order valence-electron chi connectivity index (χ1n) is 35.0. The average molecular weight is 1230 g/mol. The van der Waals surface area contributed by atoms with E-state index >= 15 is 0 Å². The zero-order chi connectivity index (χ0) is 63.0. The molecule has 0 saturated carbocycles. The minimum atomic E-state index is -4.41. The highest BCUT2D eigenvalue weighted by Gasteiger charge is 2.26. The molecule has 0 aromatic rings. The van der Waals surface area contributed by atoms with E-state index in [1.165, 1.54) is 128 Å². The summed E-state index contributed by atoms with van der Waals surface area (Å²) in [6.07, 6.45) is 103. The summed E-state index contributed by atoms with van der Waals surface area (Å²) >= 11 is 0. The number of rotatable bonds is 64.